The number of hydrogen-bond donors (Lipinski definition) is 1. The number of anilines is 1. The van der Waals surface area contributed by atoms with Crippen molar-refractivity contribution in [2.75, 3.05) is 5.73 Å². The third kappa shape index (κ3) is 2.09. The Morgan fingerprint density at radius 2 is 2.25 bits per heavy atom. The molecule has 1 rings (SSSR count). The molecule has 0 amide bonds. The third-order valence-corrected chi connectivity index (χ3v) is 1.83. The molecular weight excluding hydrogens is 150 g/mol. The number of carbonyl (C=O) groups excluding carboxylic acids is 1. The zero-order valence-electron chi connectivity index (χ0n) is 7.21. The van der Waals surface area contributed by atoms with E-state index in [1.807, 2.05) is 25.1 Å². The van der Waals surface area contributed by atoms with E-state index in [4.69, 9.17) is 5.73 Å². The minimum absolute atomic E-state index is 0.549. The lowest BCUT2D eigenvalue weighted by molar-refractivity contribution is -0.107. The van der Waals surface area contributed by atoms with Gasteiger partial charge in [0.1, 0.15) is 6.29 Å². The number of carbonyl (C=O) groups is 1. The minimum Gasteiger partial charge on any atom is -0.398 e. The first-order chi connectivity index (χ1) is 5.74. The lowest BCUT2D eigenvalue weighted by Gasteiger charge is -2.03. The molecule has 0 aromatic heterocycles. The molecule has 0 atom stereocenters. The number of benzene rings is 1. The van der Waals surface area contributed by atoms with E-state index in [0.717, 1.165) is 29.5 Å². The van der Waals surface area contributed by atoms with Gasteiger partial charge in [0, 0.05) is 12.1 Å². The van der Waals surface area contributed by atoms with Gasteiger partial charge in [0.25, 0.3) is 0 Å². The van der Waals surface area contributed by atoms with Gasteiger partial charge in [-0.15, -0.1) is 0 Å². The number of nitrogen functional groups attached to an aromatic ring is 1. The van der Waals surface area contributed by atoms with Crippen molar-refractivity contribution in [3.8, 4) is 0 Å². The molecule has 0 aliphatic rings. The van der Waals surface area contributed by atoms with E-state index >= 15 is 0 Å². The Labute approximate surface area is 72.4 Å². The molecule has 2 heteroatoms. The number of aryl methyl sites for hydroxylation is 2. The van der Waals surface area contributed by atoms with Crippen molar-refractivity contribution >= 4 is 12.0 Å². The standard InChI is InChI=1S/C10H13NO/c1-8-4-5-9(3-2-6-12)10(11)7-8/h4-7H,2-3,11H2,1H3. The molecule has 0 heterocycles. The first kappa shape index (κ1) is 8.78. The van der Waals surface area contributed by atoms with Gasteiger partial charge in [0.2, 0.25) is 0 Å². The Morgan fingerprint density at radius 3 is 2.83 bits per heavy atom. The van der Waals surface area contributed by atoms with E-state index in [1.54, 1.807) is 0 Å². The van der Waals surface area contributed by atoms with E-state index in [-0.39, 0.29) is 0 Å². The maximum Gasteiger partial charge on any atom is 0.120 e. The average molecular weight is 163 g/mol. The summed E-state index contributed by atoms with van der Waals surface area (Å²) in [6.45, 7) is 2.00. The van der Waals surface area contributed by atoms with Crippen LogP contribution in [-0.4, -0.2) is 6.29 Å². The maximum atomic E-state index is 10.1. The maximum absolute atomic E-state index is 10.1. The summed E-state index contributed by atoms with van der Waals surface area (Å²) in [6.07, 6.45) is 2.21. The predicted molar refractivity (Wildman–Crippen MR) is 50.0 cm³/mol. The van der Waals surface area contributed by atoms with Crippen LogP contribution in [0.2, 0.25) is 0 Å². The Morgan fingerprint density at radius 1 is 1.50 bits per heavy atom. The molecule has 0 bridgehead atoms. The first-order valence-electron chi connectivity index (χ1n) is 4.02. The smallest absolute Gasteiger partial charge is 0.120 e. The largest absolute Gasteiger partial charge is 0.398 e. The number of rotatable bonds is 3. The Hall–Kier alpha value is -1.31. The van der Waals surface area contributed by atoms with Crippen LogP contribution in [0, 0.1) is 6.92 Å². The van der Waals surface area contributed by atoms with E-state index < -0.39 is 0 Å². The highest BCUT2D eigenvalue weighted by atomic mass is 16.1. The lowest BCUT2D eigenvalue weighted by Crippen LogP contribution is -1.95. The molecule has 0 spiro atoms. The average Bonchev–Trinajstić information content (AvgIpc) is 2.03. The monoisotopic (exact) mass is 163 g/mol. The third-order valence-electron chi connectivity index (χ3n) is 1.83. The molecule has 0 aliphatic carbocycles. The van der Waals surface area contributed by atoms with Crippen molar-refractivity contribution < 1.29 is 4.79 Å². The second-order valence-corrected chi connectivity index (χ2v) is 2.91. The fraction of sp³-hybridized carbons (Fsp3) is 0.300. The molecule has 0 fully saturated rings. The number of hydrogen-bond acceptors (Lipinski definition) is 2. The molecule has 64 valence electrons. The van der Waals surface area contributed by atoms with Crippen molar-refractivity contribution in [1.29, 1.82) is 0 Å². The molecule has 0 aliphatic heterocycles. The summed E-state index contributed by atoms with van der Waals surface area (Å²) in [6, 6.07) is 5.92. The highest BCUT2D eigenvalue weighted by Gasteiger charge is 1.97. The van der Waals surface area contributed by atoms with Gasteiger partial charge in [-0.3, -0.25) is 0 Å². The normalized spacial score (nSPS) is 9.75. The molecule has 0 radical (unpaired) electrons. The van der Waals surface area contributed by atoms with Crippen molar-refractivity contribution in [1.82, 2.24) is 0 Å². The van der Waals surface area contributed by atoms with Crippen molar-refractivity contribution in [2.24, 2.45) is 0 Å². The molecule has 0 saturated carbocycles. The van der Waals surface area contributed by atoms with Gasteiger partial charge in [0.05, 0.1) is 0 Å². The van der Waals surface area contributed by atoms with E-state index in [0.29, 0.717) is 6.42 Å². The van der Waals surface area contributed by atoms with E-state index in [9.17, 15) is 4.79 Å². The molecule has 12 heavy (non-hydrogen) atoms. The van der Waals surface area contributed by atoms with Gasteiger partial charge in [-0.25, -0.2) is 0 Å². The van der Waals surface area contributed by atoms with Crippen LogP contribution in [0.15, 0.2) is 18.2 Å². The highest BCUT2D eigenvalue weighted by Crippen LogP contribution is 2.14. The SMILES string of the molecule is Cc1ccc(CCC=O)c(N)c1. The van der Waals surface area contributed by atoms with Crippen LogP contribution in [0.4, 0.5) is 5.69 Å². The highest BCUT2D eigenvalue weighted by molar-refractivity contribution is 5.54. The van der Waals surface area contributed by atoms with Gasteiger partial charge >= 0.3 is 0 Å². The van der Waals surface area contributed by atoms with Gasteiger partial charge < -0.3 is 10.5 Å². The molecule has 1 aromatic rings. The zero-order valence-corrected chi connectivity index (χ0v) is 7.21. The topological polar surface area (TPSA) is 43.1 Å². The summed E-state index contributed by atoms with van der Waals surface area (Å²) in [5.41, 5.74) is 8.75. The van der Waals surface area contributed by atoms with Crippen molar-refractivity contribution in [3.63, 3.8) is 0 Å². The first-order valence-corrected chi connectivity index (χ1v) is 4.02. The fourth-order valence-electron chi connectivity index (χ4n) is 1.16. The van der Waals surface area contributed by atoms with E-state index in [2.05, 4.69) is 0 Å². The fourth-order valence-corrected chi connectivity index (χ4v) is 1.16. The molecule has 1 aromatic carbocycles. The lowest BCUT2D eigenvalue weighted by atomic mass is 10.1. The van der Waals surface area contributed by atoms with Crippen molar-refractivity contribution in [3.05, 3.63) is 29.3 Å². The van der Waals surface area contributed by atoms with Gasteiger partial charge in [-0.05, 0) is 30.5 Å². The summed E-state index contributed by atoms with van der Waals surface area (Å²) in [5.74, 6) is 0. The van der Waals surface area contributed by atoms with Crippen LogP contribution in [0.25, 0.3) is 0 Å². The van der Waals surface area contributed by atoms with Gasteiger partial charge in [0.15, 0.2) is 0 Å². The van der Waals surface area contributed by atoms with Crippen molar-refractivity contribution in [2.45, 2.75) is 19.8 Å². The molecule has 2 nitrogen and oxygen atoms in total. The van der Waals surface area contributed by atoms with Crippen LogP contribution in [-0.2, 0) is 11.2 Å². The molecule has 2 N–H and O–H groups in total. The quantitative estimate of drug-likeness (QED) is 0.544. The van der Waals surface area contributed by atoms with Crippen LogP contribution in [0.1, 0.15) is 17.5 Å². The number of nitrogens with two attached hydrogens (primary N) is 1. The summed E-state index contributed by atoms with van der Waals surface area (Å²) in [4.78, 5) is 10.1. The summed E-state index contributed by atoms with van der Waals surface area (Å²) in [7, 11) is 0. The molecule has 0 unspecified atom stereocenters. The van der Waals surface area contributed by atoms with Crippen LogP contribution in [0.5, 0.6) is 0 Å². The van der Waals surface area contributed by atoms with Gasteiger partial charge in [-0.2, -0.15) is 0 Å². The van der Waals surface area contributed by atoms with Gasteiger partial charge in [-0.1, -0.05) is 12.1 Å². The summed E-state index contributed by atoms with van der Waals surface area (Å²) in [5, 5.41) is 0. The zero-order chi connectivity index (χ0) is 8.97. The van der Waals surface area contributed by atoms with Crippen LogP contribution < -0.4 is 5.73 Å². The second-order valence-electron chi connectivity index (χ2n) is 2.91. The predicted octanol–water partition coefficient (Wildman–Crippen LogP) is 1.71. The Balaban J connectivity index is 2.78. The summed E-state index contributed by atoms with van der Waals surface area (Å²) >= 11 is 0. The Bertz CT molecular complexity index is 281. The number of aldehydes is 1. The summed E-state index contributed by atoms with van der Waals surface area (Å²) < 4.78 is 0. The van der Waals surface area contributed by atoms with Crippen LogP contribution in [0.3, 0.4) is 0 Å². The minimum atomic E-state index is 0.549. The Kier molecular flexibility index (Phi) is 2.86. The van der Waals surface area contributed by atoms with E-state index in [1.165, 1.54) is 0 Å². The second kappa shape index (κ2) is 3.90. The molecule has 0 saturated heterocycles. The van der Waals surface area contributed by atoms with Crippen LogP contribution >= 0.6 is 0 Å². The molecular formula is C10H13NO.